The van der Waals surface area contributed by atoms with Crippen molar-refractivity contribution in [2.45, 2.75) is 13.5 Å². The van der Waals surface area contributed by atoms with Gasteiger partial charge >= 0.3 is 0 Å². The minimum absolute atomic E-state index is 0.741. The van der Waals surface area contributed by atoms with Crippen LogP contribution in [-0.2, 0) is 6.54 Å². The van der Waals surface area contributed by atoms with Crippen LogP contribution in [0.25, 0.3) is 0 Å². The summed E-state index contributed by atoms with van der Waals surface area (Å²) in [4.78, 5) is 2.24. The molecule has 0 saturated carbocycles. The first-order valence-corrected chi connectivity index (χ1v) is 5.81. The van der Waals surface area contributed by atoms with E-state index in [4.69, 9.17) is 4.74 Å². The Labute approximate surface area is 98.4 Å². The fourth-order valence-electron chi connectivity index (χ4n) is 1.45. The molecule has 3 heteroatoms. The molecular weight excluding hydrogens is 200 g/mol. The Morgan fingerprint density at radius 3 is 2.75 bits per heavy atom. The number of rotatable bonds is 7. The summed E-state index contributed by atoms with van der Waals surface area (Å²) in [6.45, 7) is 5.76. The Balaban J connectivity index is 2.46. The third kappa shape index (κ3) is 4.21. The summed E-state index contributed by atoms with van der Waals surface area (Å²) in [6, 6.07) is 8.17. The van der Waals surface area contributed by atoms with Crippen LogP contribution < -0.4 is 10.1 Å². The van der Waals surface area contributed by atoms with E-state index in [9.17, 15) is 0 Å². The van der Waals surface area contributed by atoms with Crippen LogP contribution >= 0.6 is 0 Å². The Morgan fingerprint density at radius 2 is 2.06 bits per heavy atom. The van der Waals surface area contributed by atoms with Crippen LogP contribution in [-0.4, -0.2) is 38.7 Å². The van der Waals surface area contributed by atoms with Gasteiger partial charge < -0.3 is 15.0 Å². The maximum Gasteiger partial charge on any atom is 0.123 e. The highest BCUT2D eigenvalue weighted by atomic mass is 16.5. The average Bonchev–Trinajstić information content (AvgIpc) is 2.31. The molecule has 1 rings (SSSR count). The van der Waals surface area contributed by atoms with Crippen molar-refractivity contribution >= 4 is 0 Å². The normalized spacial score (nSPS) is 10.8. The summed E-state index contributed by atoms with van der Waals surface area (Å²) in [5, 5.41) is 3.14. The van der Waals surface area contributed by atoms with E-state index in [1.165, 1.54) is 5.56 Å². The second-order valence-electron chi connectivity index (χ2n) is 3.88. The zero-order valence-corrected chi connectivity index (χ0v) is 10.5. The number of likely N-dealkylation sites (N-methyl/N-ethyl adjacent to an activating group) is 1. The first-order valence-electron chi connectivity index (χ1n) is 5.81. The summed E-state index contributed by atoms with van der Waals surface area (Å²) < 4.78 is 5.78. The minimum atomic E-state index is 0.741. The molecule has 0 saturated heterocycles. The van der Waals surface area contributed by atoms with E-state index in [1.807, 2.05) is 25.2 Å². The van der Waals surface area contributed by atoms with Gasteiger partial charge in [-0.15, -0.1) is 0 Å². The molecule has 1 N–H and O–H groups in total. The fourth-order valence-corrected chi connectivity index (χ4v) is 1.45. The number of ether oxygens (including phenoxy) is 1. The smallest absolute Gasteiger partial charge is 0.123 e. The maximum atomic E-state index is 5.78. The van der Waals surface area contributed by atoms with Crippen LogP contribution in [0.1, 0.15) is 12.5 Å². The number of hydrogen-bond acceptors (Lipinski definition) is 3. The summed E-state index contributed by atoms with van der Waals surface area (Å²) in [5.74, 6) is 0.987. The molecule has 0 fully saturated rings. The van der Waals surface area contributed by atoms with Crippen molar-refractivity contribution in [2.75, 3.05) is 33.8 Å². The molecule has 0 spiro atoms. The van der Waals surface area contributed by atoms with Gasteiger partial charge in [0.15, 0.2) is 0 Å². The van der Waals surface area contributed by atoms with Crippen molar-refractivity contribution in [3.8, 4) is 5.75 Å². The Morgan fingerprint density at radius 1 is 1.31 bits per heavy atom. The van der Waals surface area contributed by atoms with Crippen molar-refractivity contribution in [3.05, 3.63) is 29.8 Å². The lowest BCUT2D eigenvalue weighted by Crippen LogP contribution is -2.24. The molecule has 0 aromatic heterocycles. The molecule has 0 heterocycles. The largest absolute Gasteiger partial charge is 0.492 e. The van der Waals surface area contributed by atoms with Crippen LogP contribution in [0.15, 0.2) is 24.3 Å². The summed E-state index contributed by atoms with van der Waals surface area (Å²) in [7, 11) is 4.05. The zero-order valence-electron chi connectivity index (χ0n) is 10.5. The lowest BCUT2D eigenvalue weighted by Gasteiger charge is -2.15. The van der Waals surface area contributed by atoms with Crippen LogP contribution in [0, 0.1) is 0 Å². The van der Waals surface area contributed by atoms with Gasteiger partial charge in [0.25, 0.3) is 0 Å². The monoisotopic (exact) mass is 222 g/mol. The van der Waals surface area contributed by atoms with E-state index in [-0.39, 0.29) is 0 Å². The lowest BCUT2D eigenvalue weighted by atomic mass is 10.2. The first-order chi connectivity index (χ1) is 7.77. The molecule has 0 atom stereocenters. The van der Waals surface area contributed by atoms with Gasteiger partial charge in [-0.2, -0.15) is 0 Å². The van der Waals surface area contributed by atoms with Gasteiger partial charge in [0, 0.05) is 18.7 Å². The van der Waals surface area contributed by atoms with Crippen molar-refractivity contribution in [1.82, 2.24) is 10.2 Å². The van der Waals surface area contributed by atoms with Gasteiger partial charge in [0.05, 0.1) is 0 Å². The van der Waals surface area contributed by atoms with Crippen molar-refractivity contribution in [3.63, 3.8) is 0 Å². The molecule has 0 radical (unpaired) electrons. The highest BCUT2D eigenvalue weighted by molar-refractivity contribution is 5.33. The van der Waals surface area contributed by atoms with Crippen molar-refractivity contribution in [2.24, 2.45) is 0 Å². The van der Waals surface area contributed by atoms with Crippen LogP contribution in [0.4, 0.5) is 0 Å². The molecule has 1 aromatic carbocycles. The topological polar surface area (TPSA) is 24.5 Å². The number of para-hydroxylation sites is 1. The third-order valence-corrected chi connectivity index (χ3v) is 2.61. The summed E-state index contributed by atoms with van der Waals surface area (Å²) >= 11 is 0. The lowest BCUT2D eigenvalue weighted by molar-refractivity contribution is 0.242. The number of nitrogens with one attached hydrogen (secondary N) is 1. The van der Waals surface area contributed by atoms with E-state index in [0.717, 1.165) is 32.0 Å². The molecule has 0 aliphatic rings. The van der Waals surface area contributed by atoms with Gasteiger partial charge in [-0.05, 0) is 26.7 Å². The maximum absolute atomic E-state index is 5.78. The van der Waals surface area contributed by atoms with E-state index < -0.39 is 0 Å². The van der Waals surface area contributed by atoms with Crippen molar-refractivity contribution < 1.29 is 4.74 Å². The second-order valence-corrected chi connectivity index (χ2v) is 3.88. The zero-order chi connectivity index (χ0) is 11.8. The predicted molar refractivity (Wildman–Crippen MR) is 67.9 cm³/mol. The third-order valence-electron chi connectivity index (χ3n) is 2.61. The van der Waals surface area contributed by atoms with Crippen LogP contribution in [0.5, 0.6) is 5.75 Å². The molecule has 0 bridgehead atoms. The van der Waals surface area contributed by atoms with Gasteiger partial charge in [-0.3, -0.25) is 0 Å². The highest BCUT2D eigenvalue weighted by Gasteiger charge is 2.02. The minimum Gasteiger partial charge on any atom is -0.492 e. The average molecular weight is 222 g/mol. The molecule has 0 aliphatic carbocycles. The standard InChI is InChI=1S/C13H22N2O/c1-4-15(3)9-10-16-13-8-6-5-7-12(13)11-14-2/h5-8,14H,4,9-11H2,1-3H3. The van der Waals surface area contributed by atoms with Crippen molar-refractivity contribution in [1.29, 1.82) is 0 Å². The SMILES string of the molecule is CCN(C)CCOc1ccccc1CNC. The summed E-state index contributed by atoms with van der Waals surface area (Å²) in [5.41, 5.74) is 1.21. The Kier molecular flexibility index (Phi) is 5.90. The summed E-state index contributed by atoms with van der Waals surface area (Å²) in [6.07, 6.45) is 0. The van der Waals surface area contributed by atoms with Gasteiger partial charge in [-0.25, -0.2) is 0 Å². The van der Waals surface area contributed by atoms with E-state index in [1.54, 1.807) is 0 Å². The van der Waals surface area contributed by atoms with Crippen LogP contribution in [0.3, 0.4) is 0 Å². The predicted octanol–water partition coefficient (Wildman–Crippen LogP) is 1.74. The van der Waals surface area contributed by atoms with Gasteiger partial charge in [0.2, 0.25) is 0 Å². The number of nitrogens with zero attached hydrogens (tertiary/aromatic N) is 1. The molecule has 16 heavy (non-hydrogen) atoms. The molecule has 90 valence electrons. The Bertz CT molecular complexity index is 302. The highest BCUT2D eigenvalue weighted by Crippen LogP contribution is 2.17. The Hall–Kier alpha value is -1.06. The van der Waals surface area contributed by atoms with E-state index >= 15 is 0 Å². The molecule has 3 nitrogen and oxygen atoms in total. The van der Waals surface area contributed by atoms with Gasteiger partial charge in [0.1, 0.15) is 12.4 Å². The fraction of sp³-hybridized carbons (Fsp3) is 0.538. The first kappa shape index (κ1) is 13.0. The second kappa shape index (κ2) is 7.25. The van der Waals surface area contributed by atoms with E-state index in [2.05, 4.69) is 30.3 Å². The van der Waals surface area contributed by atoms with E-state index in [0.29, 0.717) is 0 Å². The number of benzene rings is 1. The van der Waals surface area contributed by atoms with Crippen LogP contribution in [0.2, 0.25) is 0 Å². The number of hydrogen-bond donors (Lipinski definition) is 1. The molecule has 0 amide bonds. The molecule has 0 unspecified atom stereocenters. The van der Waals surface area contributed by atoms with Gasteiger partial charge in [-0.1, -0.05) is 25.1 Å². The molecular formula is C13H22N2O. The quantitative estimate of drug-likeness (QED) is 0.760. The molecule has 1 aromatic rings. The molecule has 0 aliphatic heterocycles.